The van der Waals surface area contributed by atoms with Crippen LogP contribution in [-0.4, -0.2) is 37.6 Å². The summed E-state index contributed by atoms with van der Waals surface area (Å²) in [7, 11) is 0. The molecular weight excluding hydrogens is 324 g/mol. The van der Waals surface area contributed by atoms with Crippen LogP contribution in [0, 0.1) is 12.8 Å². The summed E-state index contributed by atoms with van der Waals surface area (Å²) in [6.45, 7) is 8.52. The molecule has 0 unspecified atom stereocenters. The number of benzene rings is 1. The van der Waals surface area contributed by atoms with Crippen LogP contribution in [0.2, 0.25) is 0 Å². The average molecular weight is 350 g/mol. The van der Waals surface area contributed by atoms with Gasteiger partial charge in [-0.2, -0.15) is 14.6 Å². The zero-order valence-electron chi connectivity index (χ0n) is 15.5. The molecule has 1 aromatic carbocycles. The smallest absolute Gasteiger partial charge is 0.254 e. The predicted octanol–water partition coefficient (Wildman–Crippen LogP) is 3.28. The first-order chi connectivity index (χ1) is 12.7. The van der Waals surface area contributed by atoms with Crippen molar-refractivity contribution in [3.05, 3.63) is 53.5 Å². The third kappa shape index (κ3) is 3.70. The van der Waals surface area contributed by atoms with Crippen molar-refractivity contribution in [2.45, 2.75) is 39.8 Å². The van der Waals surface area contributed by atoms with Crippen LogP contribution in [0.1, 0.15) is 36.6 Å². The number of nitrogens with zero attached hydrogens (tertiary/aromatic N) is 5. The fourth-order valence-corrected chi connectivity index (χ4v) is 3.80. The van der Waals surface area contributed by atoms with Gasteiger partial charge >= 0.3 is 0 Å². The van der Waals surface area contributed by atoms with E-state index >= 15 is 0 Å². The summed E-state index contributed by atoms with van der Waals surface area (Å²) in [6, 6.07) is 10.7. The summed E-state index contributed by atoms with van der Waals surface area (Å²) < 4.78 is 1.75. The minimum Gasteiger partial charge on any atom is -0.366 e. The van der Waals surface area contributed by atoms with Crippen molar-refractivity contribution in [1.29, 1.82) is 0 Å². The second-order valence-electron chi connectivity index (χ2n) is 7.36. The highest BCUT2D eigenvalue weighted by molar-refractivity contribution is 5.45. The van der Waals surface area contributed by atoms with E-state index < -0.39 is 0 Å². The number of rotatable bonds is 5. The summed E-state index contributed by atoms with van der Waals surface area (Å²) in [5.41, 5.74) is 3.66. The maximum Gasteiger partial charge on any atom is 0.254 e. The lowest BCUT2D eigenvalue weighted by atomic mass is 9.99. The minimum absolute atomic E-state index is 0.628. The molecule has 0 spiro atoms. The monoisotopic (exact) mass is 350 g/mol. The van der Waals surface area contributed by atoms with Gasteiger partial charge in [0.2, 0.25) is 0 Å². The predicted molar refractivity (Wildman–Crippen MR) is 103 cm³/mol. The fourth-order valence-electron chi connectivity index (χ4n) is 3.80. The molecule has 0 bridgehead atoms. The Morgan fingerprint density at radius 1 is 1.23 bits per heavy atom. The van der Waals surface area contributed by atoms with E-state index in [0.717, 1.165) is 30.5 Å². The first-order valence-corrected chi connectivity index (χ1v) is 9.39. The van der Waals surface area contributed by atoms with Crippen LogP contribution in [0.4, 0.5) is 5.82 Å². The van der Waals surface area contributed by atoms with Gasteiger partial charge in [0.15, 0.2) is 0 Å². The van der Waals surface area contributed by atoms with Gasteiger partial charge in [-0.05, 0) is 43.4 Å². The Bertz CT molecular complexity index is 887. The number of likely N-dealkylation sites (tertiary alicyclic amines) is 1. The number of nitrogens with one attached hydrogen (secondary N) is 1. The number of piperidine rings is 1. The van der Waals surface area contributed by atoms with Gasteiger partial charge in [0, 0.05) is 31.4 Å². The van der Waals surface area contributed by atoms with E-state index in [9.17, 15) is 0 Å². The zero-order chi connectivity index (χ0) is 17.9. The third-order valence-electron chi connectivity index (χ3n) is 5.09. The summed E-state index contributed by atoms with van der Waals surface area (Å²) in [4.78, 5) is 11.2. The van der Waals surface area contributed by atoms with E-state index in [2.05, 4.69) is 56.5 Å². The molecule has 6 heteroatoms. The molecule has 1 atom stereocenters. The Balaban J connectivity index is 1.50. The van der Waals surface area contributed by atoms with Crippen LogP contribution in [-0.2, 0) is 13.1 Å². The maximum absolute atomic E-state index is 4.40. The number of anilines is 1. The molecule has 1 aliphatic heterocycles. The fraction of sp³-hybridized carbons (Fsp3) is 0.450. The second kappa shape index (κ2) is 7.41. The summed E-state index contributed by atoms with van der Waals surface area (Å²) in [6.07, 6.45) is 4.20. The molecule has 4 rings (SSSR count). The van der Waals surface area contributed by atoms with Gasteiger partial charge in [-0.1, -0.05) is 31.2 Å². The van der Waals surface area contributed by atoms with Gasteiger partial charge < -0.3 is 5.32 Å². The molecule has 3 heterocycles. The Labute approximate surface area is 154 Å². The Morgan fingerprint density at radius 3 is 2.92 bits per heavy atom. The first-order valence-electron chi connectivity index (χ1n) is 9.39. The van der Waals surface area contributed by atoms with Crippen molar-refractivity contribution in [3.8, 4) is 0 Å². The van der Waals surface area contributed by atoms with Crippen LogP contribution in [0.25, 0.3) is 5.78 Å². The number of aryl methyl sites for hydroxylation is 1. The van der Waals surface area contributed by atoms with E-state index in [0.29, 0.717) is 5.78 Å². The number of aromatic nitrogens is 4. The lowest BCUT2D eigenvalue weighted by Crippen LogP contribution is -2.34. The largest absolute Gasteiger partial charge is 0.366 e. The quantitative estimate of drug-likeness (QED) is 0.765. The molecular formula is C20H26N6. The molecule has 136 valence electrons. The van der Waals surface area contributed by atoms with Gasteiger partial charge in [0.25, 0.3) is 5.78 Å². The van der Waals surface area contributed by atoms with Crippen molar-refractivity contribution in [1.82, 2.24) is 24.5 Å². The van der Waals surface area contributed by atoms with Gasteiger partial charge in [0.05, 0.1) is 0 Å². The van der Waals surface area contributed by atoms with Crippen molar-refractivity contribution < 1.29 is 0 Å². The Hall–Kier alpha value is -2.47. The van der Waals surface area contributed by atoms with Crippen molar-refractivity contribution in [2.75, 3.05) is 18.4 Å². The van der Waals surface area contributed by atoms with E-state index in [1.54, 1.807) is 10.8 Å². The molecule has 1 aliphatic rings. The average Bonchev–Trinajstić information content (AvgIpc) is 3.09. The van der Waals surface area contributed by atoms with E-state index in [4.69, 9.17) is 0 Å². The van der Waals surface area contributed by atoms with Crippen LogP contribution in [0.3, 0.4) is 0 Å². The molecule has 0 saturated carbocycles. The minimum atomic E-state index is 0.628. The van der Waals surface area contributed by atoms with Crippen molar-refractivity contribution >= 4 is 11.6 Å². The Morgan fingerprint density at radius 2 is 2.08 bits per heavy atom. The molecule has 0 amide bonds. The van der Waals surface area contributed by atoms with E-state index in [1.807, 2.05) is 13.0 Å². The standard InChI is InChI=1S/C20H26N6/c1-15-6-5-9-25(12-15)13-18-8-4-3-7-17(18)11-21-19-10-16(2)24-20-22-14-23-26(19)20/h3-4,7-8,10,14-15,21H,5-6,9,11-13H2,1-2H3/t15-/m1/s1. The van der Waals surface area contributed by atoms with Crippen molar-refractivity contribution in [3.63, 3.8) is 0 Å². The molecule has 3 aromatic rings. The second-order valence-corrected chi connectivity index (χ2v) is 7.36. The van der Waals surface area contributed by atoms with Gasteiger partial charge in [-0.3, -0.25) is 4.90 Å². The molecule has 2 aromatic heterocycles. The third-order valence-corrected chi connectivity index (χ3v) is 5.09. The normalized spacial score (nSPS) is 18.3. The molecule has 6 nitrogen and oxygen atoms in total. The topological polar surface area (TPSA) is 58.4 Å². The van der Waals surface area contributed by atoms with E-state index in [1.165, 1.54) is 37.1 Å². The lowest BCUT2D eigenvalue weighted by Gasteiger charge is -2.31. The molecule has 1 saturated heterocycles. The van der Waals surface area contributed by atoms with Gasteiger partial charge in [-0.25, -0.2) is 4.98 Å². The highest BCUT2D eigenvalue weighted by Gasteiger charge is 2.17. The van der Waals surface area contributed by atoms with Gasteiger partial charge in [-0.15, -0.1) is 0 Å². The summed E-state index contributed by atoms with van der Waals surface area (Å²) in [5, 5.41) is 7.79. The Kier molecular flexibility index (Phi) is 4.84. The van der Waals surface area contributed by atoms with Gasteiger partial charge in [0.1, 0.15) is 12.1 Å². The highest BCUT2D eigenvalue weighted by atomic mass is 15.3. The molecule has 26 heavy (non-hydrogen) atoms. The molecule has 1 fully saturated rings. The molecule has 1 N–H and O–H groups in total. The van der Waals surface area contributed by atoms with E-state index in [-0.39, 0.29) is 0 Å². The van der Waals surface area contributed by atoms with Crippen molar-refractivity contribution in [2.24, 2.45) is 5.92 Å². The SMILES string of the molecule is Cc1cc(NCc2ccccc2CN2CCC[C@@H](C)C2)n2ncnc2n1. The van der Waals surface area contributed by atoms with Crippen LogP contribution >= 0.6 is 0 Å². The lowest BCUT2D eigenvalue weighted by molar-refractivity contribution is 0.176. The summed E-state index contributed by atoms with van der Waals surface area (Å²) in [5.74, 6) is 2.35. The number of hydrogen-bond acceptors (Lipinski definition) is 5. The summed E-state index contributed by atoms with van der Waals surface area (Å²) >= 11 is 0. The van der Waals surface area contributed by atoms with Crippen LogP contribution in [0.5, 0.6) is 0 Å². The van der Waals surface area contributed by atoms with Crippen LogP contribution < -0.4 is 5.32 Å². The maximum atomic E-state index is 4.40. The number of hydrogen-bond donors (Lipinski definition) is 1. The zero-order valence-corrected chi connectivity index (χ0v) is 15.5. The number of fused-ring (bicyclic) bond motifs is 1. The molecule has 0 radical (unpaired) electrons. The first kappa shape index (κ1) is 17.0. The molecule has 0 aliphatic carbocycles. The van der Waals surface area contributed by atoms with Crippen LogP contribution in [0.15, 0.2) is 36.7 Å². The highest BCUT2D eigenvalue weighted by Crippen LogP contribution is 2.20.